The van der Waals surface area contributed by atoms with Crippen molar-refractivity contribution in [1.29, 1.82) is 0 Å². The summed E-state index contributed by atoms with van der Waals surface area (Å²) in [6.07, 6.45) is 1.96. The summed E-state index contributed by atoms with van der Waals surface area (Å²) in [4.78, 5) is 26.0. The second kappa shape index (κ2) is 3.52. The van der Waals surface area contributed by atoms with Crippen LogP contribution in [0.25, 0.3) is 0 Å². The highest BCUT2D eigenvalue weighted by atomic mass is 35.5. The molecule has 1 aliphatic carbocycles. The molecule has 1 aromatic rings. The molecule has 0 saturated heterocycles. The number of nitrogens with zero attached hydrogens (tertiary/aromatic N) is 1. The first kappa shape index (κ1) is 10.5. The lowest BCUT2D eigenvalue weighted by atomic mass is 9.81. The molecule has 82 valence electrons. The Labute approximate surface area is 91.9 Å². The molecule has 2 rings (SSSR count). The molecule has 0 aliphatic heterocycles. The predicted molar refractivity (Wildman–Crippen MR) is 58.5 cm³/mol. The van der Waals surface area contributed by atoms with Crippen molar-refractivity contribution < 1.29 is 0 Å². The highest BCUT2D eigenvalue weighted by Gasteiger charge is 2.31. The fraction of sp³-hybridized carbons (Fsp3) is 0.600. The van der Waals surface area contributed by atoms with Crippen molar-refractivity contribution in [3.05, 3.63) is 31.6 Å². The van der Waals surface area contributed by atoms with Crippen molar-refractivity contribution in [2.24, 2.45) is 5.92 Å². The summed E-state index contributed by atoms with van der Waals surface area (Å²) in [6, 6.07) is 0.0391. The number of hydrogen-bond acceptors (Lipinski definition) is 2. The Kier molecular flexibility index (Phi) is 2.46. The van der Waals surface area contributed by atoms with Crippen LogP contribution in [0.1, 0.15) is 31.4 Å². The van der Waals surface area contributed by atoms with E-state index in [0.717, 1.165) is 12.8 Å². The van der Waals surface area contributed by atoms with Gasteiger partial charge in [-0.2, -0.15) is 0 Å². The van der Waals surface area contributed by atoms with Crippen LogP contribution < -0.4 is 11.2 Å². The first-order valence-corrected chi connectivity index (χ1v) is 5.41. The van der Waals surface area contributed by atoms with Gasteiger partial charge in [-0.1, -0.05) is 18.5 Å². The predicted octanol–water partition coefficient (Wildman–Crippen LogP) is 1.47. The molecule has 1 aliphatic rings. The molecule has 0 bridgehead atoms. The molecule has 1 aromatic heterocycles. The number of hydrogen-bond donors (Lipinski definition) is 1. The molecule has 0 spiro atoms. The normalized spacial score (nSPS) is 25.0. The summed E-state index contributed by atoms with van der Waals surface area (Å²) >= 11 is 5.72. The molecule has 0 amide bonds. The average molecular weight is 229 g/mol. The second-order valence-corrected chi connectivity index (χ2v) is 4.54. The number of H-pyrrole nitrogens is 1. The highest BCUT2D eigenvalue weighted by molar-refractivity contribution is 6.30. The van der Waals surface area contributed by atoms with Crippen molar-refractivity contribution in [2.75, 3.05) is 0 Å². The molecule has 5 heteroatoms. The fourth-order valence-electron chi connectivity index (χ4n) is 1.95. The van der Waals surface area contributed by atoms with Gasteiger partial charge in [-0.15, -0.1) is 0 Å². The van der Waals surface area contributed by atoms with Crippen molar-refractivity contribution in [1.82, 2.24) is 9.55 Å². The van der Waals surface area contributed by atoms with Gasteiger partial charge in [0.15, 0.2) is 0 Å². The van der Waals surface area contributed by atoms with Crippen LogP contribution in [0.5, 0.6) is 0 Å². The molecule has 0 aromatic carbocycles. The molecular weight excluding hydrogens is 216 g/mol. The van der Waals surface area contributed by atoms with Gasteiger partial charge < -0.3 is 0 Å². The third-order valence-electron chi connectivity index (χ3n) is 3.21. The molecule has 1 heterocycles. The van der Waals surface area contributed by atoms with Crippen molar-refractivity contribution in [2.45, 2.75) is 32.7 Å². The molecule has 15 heavy (non-hydrogen) atoms. The molecule has 1 fully saturated rings. The maximum absolute atomic E-state index is 11.8. The minimum Gasteiger partial charge on any atom is -0.297 e. The standard InChI is InChI=1S/C10H13ClN2O2/c1-5-3-4-7(5)13-9(14)6(2)8(11)12-10(13)15/h5,7H,3-4H2,1-2H3,(H,12,15). The minimum atomic E-state index is -0.396. The Bertz CT molecular complexity index is 503. The van der Waals surface area contributed by atoms with Crippen LogP contribution in [-0.4, -0.2) is 9.55 Å². The zero-order chi connectivity index (χ0) is 11.2. The van der Waals surface area contributed by atoms with E-state index in [2.05, 4.69) is 4.98 Å². The van der Waals surface area contributed by atoms with E-state index in [1.807, 2.05) is 6.92 Å². The fourth-order valence-corrected chi connectivity index (χ4v) is 2.11. The number of nitrogens with one attached hydrogen (secondary N) is 1. The van der Waals surface area contributed by atoms with Crippen molar-refractivity contribution >= 4 is 11.6 Å². The van der Waals surface area contributed by atoms with Crippen LogP contribution in [-0.2, 0) is 0 Å². The molecule has 4 nitrogen and oxygen atoms in total. The van der Waals surface area contributed by atoms with E-state index in [1.165, 1.54) is 4.57 Å². The van der Waals surface area contributed by atoms with E-state index in [-0.39, 0.29) is 16.8 Å². The van der Waals surface area contributed by atoms with Gasteiger partial charge in [-0.3, -0.25) is 14.3 Å². The summed E-state index contributed by atoms with van der Waals surface area (Å²) in [7, 11) is 0. The first-order valence-electron chi connectivity index (χ1n) is 5.03. The average Bonchev–Trinajstić information content (AvgIpc) is 2.18. The van der Waals surface area contributed by atoms with E-state index in [0.29, 0.717) is 11.5 Å². The zero-order valence-corrected chi connectivity index (χ0v) is 9.47. The summed E-state index contributed by atoms with van der Waals surface area (Å²) in [5.41, 5.74) is -0.247. The van der Waals surface area contributed by atoms with Gasteiger partial charge in [0.05, 0.1) is 0 Å². The van der Waals surface area contributed by atoms with Gasteiger partial charge >= 0.3 is 5.69 Å². The summed E-state index contributed by atoms with van der Waals surface area (Å²) < 4.78 is 1.30. The Balaban J connectivity index is 2.62. The molecule has 1 saturated carbocycles. The van der Waals surface area contributed by atoms with E-state index < -0.39 is 5.69 Å². The van der Waals surface area contributed by atoms with Crippen LogP contribution in [0.4, 0.5) is 0 Å². The van der Waals surface area contributed by atoms with Crippen molar-refractivity contribution in [3.63, 3.8) is 0 Å². The minimum absolute atomic E-state index is 0.0391. The van der Waals surface area contributed by atoms with Crippen molar-refractivity contribution in [3.8, 4) is 0 Å². The van der Waals surface area contributed by atoms with Crippen LogP contribution in [0, 0.1) is 12.8 Å². The lowest BCUT2D eigenvalue weighted by Crippen LogP contribution is -2.44. The van der Waals surface area contributed by atoms with Crippen LogP contribution in [0.15, 0.2) is 9.59 Å². The van der Waals surface area contributed by atoms with Gasteiger partial charge in [-0.05, 0) is 25.7 Å². The SMILES string of the molecule is Cc1c(Cl)[nH]c(=O)n(C2CCC2C)c1=O. The zero-order valence-electron chi connectivity index (χ0n) is 8.71. The Hall–Kier alpha value is -1.03. The van der Waals surface area contributed by atoms with Gasteiger partial charge in [0.2, 0.25) is 0 Å². The van der Waals surface area contributed by atoms with Gasteiger partial charge in [0, 0.05) is 11.6 Å². The monoisotopic (exact) mass is 228 g/mol. The summed E-state index contributed by atoms with van der Waals surface area (Å²) in [5, 5.41) is 0.147. The number of rotatable bonds is 1. The number of aromatic amines is 1. The van der Waals surface area contributed by atoms with Crippen LogP contribution in [0.3, 0.4) is 0 Å². The lowest BCUT2D eigenvalue weighted by Gasteiger charge is -2.34. The van der Waals surface area contributed by atoms with Gasteiger partial charge in [-0.25, -0.2) is 4.79 Å². The largest absolute Gasteiger partial charge is 0.329 e. The maximum Gasteiger partial charge on any atom is 0.329 e. The van der Waals surface area contributed by atoms with E-state index in [4.69, 9.17) is 11.6 Å². The molecular formula is C10H13ClN2O2. The smallest absolute Gasteiger partial charge is 0.297 e. The van der Waals surface area contributed by atoms with E-state index in [9.17, 15) is 9.59 Å². The Morgan fingerprint density at radius 2 is 2.07 bits per heavy atom. The third kappa shape index (κ3) is 1.53. The lowest BCUT2D eigenvalue weighted by molar-refractivity contribution is 0.190. The Morgan fingerprint density at radius 3 is 2.53 bits per heavy atom. The molecule has 0 radical (unpaired) electrons. The number of aromatic nitrogens is 2. The second-order valence-electron chi connectivity index (χ2n) is 4.17. The van der Waals surface area contributed by atoms with Gasteiger partial charge in [0.25, 0.3) is 5.56 Å². The first-order chi connectivity index (χ1) is 7.02. The van der Waals surface area contributed by atoms with E-state index in [1.54, 1.807) is 6.92 Å². The highest BCUT2D eigenvalue weighted by Crippen LogP contribution is 2.36. The topological polar surface area (TPSA) is 54.9 Å². The molecule has 2 atom stereocenters. The number of halogens is 1. The summed E-state index contributed by atoms with van der Waals surface area (Å²) in [6.45, 7) is 3.67. The summed E-state index contributed by atoms with van der Waals surface area (Å²) in [5.74, 6) is 0.393. The van der Waals surface area contributed by atoms with E-state index >= 15 is 0 Å². The molecule has 1 N–H and O–H groups in total. The molecule has 2 unspecified atom stereocenters. The van der Waals surface area contributed by atoms with Crippen LogP contribution in [0.2, 0.25) is 5.15 Å². The Morgan fingerprint density at radius 1 is 1.40 bits per heavy atom. The van der Waals surface area contributed by atoms with Gasteiger partial charge in [0.1, 0.15) is 5.15 Å². The third-order valence-corrected chi connectivity index (χ3v) is 3.59. The maximum atomic E-state index is 11.8. The quantitative estimate of drug-likeness (QED) is 0.740. The van der Waals surface area contributed by atoms with Crippen LogP contribution >= 0.6 is 11.6 Å².